The molecule has 1 rings (SSSR count). The van der Waals surface area contributed by atoms with Gasteiger partial charge in [0.1, 0.15) is 0 Å². The normalized spacial score (nSPS) is 27.8. The van der Waals surface area contributed by atoms with Crippen molar-refractivity contribution in [3.63, 3.8) is 0 Å². The second-order valence-corrected chi connectivity index (χ2v) is 2.32. The van der Waals surface area contributed by atoms with E-state index in [1.807, 2.05) is 0 Å². The van der Waals surface area contributed by atoms with Crippen LogP contribution in [-0.2, 0) is 0 Å². The van der Waals surface area contributed by atoms with Crippen LogP contribution in [0, 0.1) is 12.3 Å². The predicted octanol–water partition coefficient (Wildman–Crippen LogP) is 2.34. The smallest absolute Gasteiger partial charge is 0.00713 e. The molecule has 0 amide bonds. The van der Waals surface area contributed by atoms with E-state index in [0.29, 0.717) is 5.92 Å². The largest absolute Gasteiger partial charge is 0.0811 e. The molecule has 0 spiro atoms. The summed E-state index contributed by atoms with van der Waals surface area (Å²) in [6.07, 6.45) is 8.67. The van der Waals surface area contributed by atoms with Gasteiger partial charge in [0.15, 0.2) is 0 Å². The fourth-order valence-electron chi connectivity index (χ4n) is 0.908. The predicted molar refractivity (Wildman–Crippen MR) is 36.4 cm³/mol. The molecule has 0 aliphatic heterocycles. The first-order valence-electron chi connectivity index (χ1n) is 2.99. The van der Waals surface area contributed by atoms with Gasteiger partial charge in [-0.15, -0.1) is 0 Å². The lowest BCUT2D eigenvalue weighted by Crippen LogP contribution is -1.94. The minimum atomic E-state index is 0.639. The summed E-state index contributed by atoms with van der Waals surface area (Å²) < 4.78 is 0. The average Bonchev–Trinajstić information content (AvgIpc) is 1.64. The molecule has 0 aromatic heterocycles. The van der Waals surface area contributed by atoms with Gasteiger partial charge in [0.2, 0.25) is 0 Å². The summed E-state index contributed by atoms with van der Waals surface area (Å²) in [6.45, 7) is 4.31. The minimum absolute atomic E-state index is 0.639. The molecule has 1 radical (unpaired) electrons. The first-order chi connectivity index (χ1) is 3.79. The van der Waals surface area contributed by atoms with Crippen molar-refractivity contribution < 1.29 is 0 Å². The maximum atomic E-state index is 2.25. The molecule has 8 heavy (non-hydrogen) atoms. The quantitative estimate of drug-likeness (QED) is 0.445. The van der Waals surface area contributed by atoms with Gasteiger partial charge in [-0.25, -0.2) is 0 Å². The lowest BCUT2D eigenvalue weighted by Gasteiger charge is -2.08. The van der Waals surface area contributed by atoms with E-state index in [9.17, 15) is 0 Å². The van der Waals surface area contributed by atoms with Crippen LogP contribution in [-0.4, -0.2) is 0 Å². The van der Waals surface area contributed by atoms with E-state index in [1.165, 1.54) is 5.57 Å². The molecule has 1 aliphatic carbocycles. The molecule has 0 N–H and O–H groups in total. The van der Waals surface area contributed by atoms with Gasteiger partial charge in [-0.1, -0.05) is 30.7 Å². The fraction of sp³-hybridized carbons (Fsp3) is 0.375. The maximum absolute atomic E-state index is 2.25. The lowest BCUT2D eigenvalue weighted by molar-refractivity contribution is 0.855. The van der Waals surface area contributed by atoms with Gasteiger partial charge in [-0.2, -0.15) is 0 Å². The van der Waals surface area contributed by atoms with Crippen LogP contribution >= 0.6 is 0 Å². The molecule has 0 heteroatoms. The molecule has 0 saturated heterocycles. The van der Waals surface area contributed by atoms with Crippen molar-refractivity contribution in [2.24, 2.45) is 5.92 Å². The number of hydrogen-bond acceptors (Lipinski definition) is 0. The van der Waals surface area contributed by atoms with Crippen molar-refractivity contribution >= 4 is 0 Å². The van der Waals surface area contributed by atoms with E-state index in [2.05, 4.69) is 38.5 Å². The van der Waals surface area contributed by atoms with E-state index in [1.54, 1.807) is 0 Å². The third-order valence-corrected chi connectivity index (χ3v) is 1.30. The summed E-state index contributed by atoms with van der Waals surface area (Å²) in [5.41, 5.74) is 1.38. The molecule has 43 valence electrons. The zero-order chi connectivity index (χ0) is 5.98. The van der Waals surface area contributed by atoms with Gasteiger partial charge in [0.05, 0.1) is 0 Å². The molecule has 1 atom stereocenters. The lowest BCUT2D eigenvalue weighted by atomic mass is 9.97. The van der Waals surface area contributed by atoms with E-state index in [4.69, 9.17) is 0 Å². The Bertz CT molecular complexity index is 129. The molecule has 1 aliphatic rings. The Morgan fingerprint density at radius 2 is 2.25 bits per heavy atom. The number of allylic oxidation sites excluding steroid dienone is 4. The van der Waals surface area contributed by atoms with Crippen LogP contribution in [0.4, 0.5) is 0 Å². The monoisotopic (exact) mass is 107 g/mol. The van der Waals surface area contributed by atoms with Crippen LogP contribution in [0.3, 0.4) is 0 Å². The maximum Gasteiger partial charge on any atom is -0.00713 e. The average molecular weight is 107 g/mol. The van der Waals surface area contributed by atoms with E-state index < -0.39 is 0 Å². The highest BCUT2D eigenvalue weighted by atomic mass is 14.1. The number of rotatable bonds is 0. The summed E-state index contributed by atoms with van der Waals surface area (Å²) >= 11 is 0. The third kappa shape index (κ3) is 1.22. The summed E-state index contributed by atoms with van der Waals surface area (Å²) in [6, 6.07) is 0. The Balaban J connectivity index is 2.59. The van der Waals surface area contributed by atoms with Crippen molar-refractivity contribution in [3.8, 4) is 0 Å². The van der Waals surface area contributed by atoms with E-state index in [0.717, 1.165) is 0 Å². The van der Waals surface area contributed by atoms with Crippen LogP contribution in [0.5, 0.6) is 0 Å². The summed E-state index contributed by atoms with van der Waals surface area (Å²) in [5.74, 6) is 0.639. The highest BCUT2D eigenvalue weighted by molar-refractivity contribution is 5.25. The van der Waals surface area contributed by atoms with Crippen LogP contribution < -0.4 is 0 Å². The minimum Gasteiger partial charge on any atom is -0.0811 e. The van der Waals surface area contributed by atoms with Gasteiger partial charge >= 0.3 is 0 Å². The molecule has 0 heterocycles. The molecular formula is C8H11. The Kier molecular flexibility index (Phi) is 1.52. The Morgan fingerprint density at radius 3 is 2.62 bits per heavy atom. The van der Waals surface area contributed by atoms with Gasteiger partial charge < -0.3 is 0 Å². The van der Waals surface area contributed by atoms with Crippen molar-refractivity contribution in [1.29, 1.82) is 0 Å². The standard InChI is InChI=1S/C8H11/c1-7-4-3-5-8(2)6-7/h3-7H,1-2H3. The Hall–Kier alpha value is -0.520. The first-order valence-corrected chi connectivity index (χ1v) is 2.99. The van der Waals surface area contributed by atoms with Crippen LogP contribution in [0.1, 0.15) is 13.8 Å². The fourth-order valence-corrected chi connectivity index (χ4v) is 0.908. The SMILES string of the molecule is CC1=CC=CC(C)[CH]1. The highest BCUT2D eigenvalue weighted by Crippen LogP contribution is 2.14. The van der Waals surface area contributed by atoms with Crippen LogP contribution in [0.25, 0.3) is 0 Å². The van der Waals surface area contributed by atoms with Gasteiger partial charge in [0.25, 0.3) is 0 Å². The molecule has 0 saturated carbocycles. The van der Waals surface area contributed by atoms with Crippen LogP contribution in [0.15, 0.2) is 23.8 Å². The molecule has 0 bridgehead atoms. The topological polar surface area (TPSA) is 0 Å². The van der Waals surface area contributed by atoms with Crippen LogP contribution in [0.2, 0.25) is 0 Å². The van der Waals surface area contributed by atoms with Crippen molar-refractivity contribution in [2.45, 2.75) is 13.8 Å². The molecule has 0 aromatic rings. The Morgan fingerprint density at radius 1 is 1.50 bits per heavy atom. The molecule has 0 fully saturated rings. The number of hydrogen-bond donors (Lipinski definition) is 0. The zero-order valence-corrected chi connectivity index (χ0v) is 5.39. The van der Waals surface area contributed by atoms with E-state index in [-0.39, 0.29) is 0 Å². The third-order valence-electron chi connectivity index (χ3n) is 1.30. The van der Waals surface area contributed by atoms with Gasteiger partial charge in [0, 0.05) is 0 Å². The molecule has 1 unspecified atom stereocenters. The zero-order valence-electron chi connectivity index (χ0n) is 5.39. The molecular weight excluding hydrogens is 96.1 g/mol. The second-order valence-electron chi connectivity index (χ2n) is 2.32. The van der Waals surface area contributed by atoms with Gasteiger partial charge in [-0.3, -0.25) is 0 Å². The van der Waals surface area contributed by atoms with Crippen molar-refractivity contribution in [2.75, 3.05) is 0 Å². The molecule has 0 nitrogen and oxygen atoms in total. The van der Waals surface area contributed by atoms with Gasteiger partial charge in [-0.05, 0) is 19.3 Å². The summed E-state index contributed by atoms with van der Waals surface area (Å²) in [4.78, 5) is 0. The Labute approximate surface area is 50.9 Å². The second kappa shape index (κ2) is 2.17. The van der Waals surface area contributed by atoms with Crippen molar-refractivity contribution in [1.82, 2.24) is 0 Å². The molecule has 0 aromatic carbocycles. The summed E-state index contributed by atoms with van der Waals surface area (Å²) in [5, 5.41) is 0. The van der Waals surface area contributed by atoms with Crippen molar-refractivity contribution in [3.05, 3.63) is 30.2 Å². The highest BCUT2D eigenvalue weighted by Gasteiger charge is 2.00. The summed E-state index contributed by atoms with van der Waals surface area (Å²) in [7, 11) is 0. The first kappa shape index (κ1) is 5.61. The van der Waals surface area contributed by atoms with E-state index >= 15 is 0 Å².